The summed E-state index contributed by atoms with van der Waals surface area (Å²) < 4.78 is 0.930. The van der Waals surface area contributed by atoms with Crippen LogP contribution in [0.3, 0.4) is 0 Å². The molecule has 1 aromatic heterocycles. The Morgan fingerprint density at radius 1 is 1.81 bits per heavy atom. The first kappa shape index (κ1) is 12.8. The molecule has 86 valence electrons. The van der Waals surface area contributed by atoms with E-state index in [0.29, 0.717) is 23.8 Å². The summed E-state index contributed by atoms with van der Waals surface area (Å²) in [7, 11) is 1.70. The van der Waals surface area contributed by atoms with E-state index in [1.54, 1.807) is 18.1 Å². The van der Waals surface area contributed by atoms with Crippen LogP contribution in [0.2, 0.25) is 0 Å². The van der Waals surface area contributed by atoms with E-state index in [9.17, 15) is 4.79 Å². The van der Waals surface area contributed by atoms with Crippen LogP contribution in [0, 0.1) is 11.3 Å². The molecule has 7 heteroatoms. The third-order valence-corrected chi connectivity index (χ3v) is 3.83. The Bertz CT molecular complexity index is 398. The maximum atomic E-state index is 11.6. The molecular weight excluding hydrogens is 244 g/mol. The fourth-order valence-corrected chi connectivity index (χ4v) is 2.62. The van der Waals surface area contributed by atoms with Crippen molar-refractivity contribution in [1.82, 2.24) is 9.88 Å². The van der Waals surface area contributed by atoms with E-state index in [4.69, 9.17) is 11.0 Å². The van der Waals surface area contributed by atoms with E-state index in [1.807, 2.05) is 6.07 Å². The predicted octanol–water partition coefficient (Wildman–Crippen LogP) is 1.19. The molecule has 0 spiro atoms. The number of hydrogen-bond donors (Lipinski definition) is 1. The number of rotatable bonds is 5. The number of nitrogens with zero attached hydrogens (tertiary/aromatic N) is 3. The van der Waals surface area contributed by atoms with Crippen molar-refractivity contribution < 1.29 is 4.79 Å². The molecule has 0 bridgehead atoms. The summed E-state index contributed by atoms with van der Waals surface area (Å²) in [5.41, 5.74) is 5.47. The summed E-state index contributed by atoms with van der Waals surface area (Å²) >= 11 is 2.78. The van der Waals surface area contributed by atoms with Gasteiger partial charge < -0.3 is 10.6 Å². The van der Waals surface area contributed by atoms with Crippen LogP contribution in [0.5, 0.6) is 0 Å². The second kappa shape index (κ2) is 6.35. The highest BCUT2D eigenvalue weighted by molar-refractivity contribution is 8.01. The number of nitriles is 1. The molecule has 0 saturated heterocycles. The predicted molar refractivity (Wildman–Crippen MR) is 65.1 cm³/mol. The average Bonchev–Trinajstić information content (AvgIpc) is 2.68. The number of thiazole rings is 1. The Morgan fingerprint density at radius 3 is 3.12 bits per heavy atom. The highest BCUT2D eigenvalue weighted by Gasteiger charge is 2.09. The van der Waals surface area contributed by atoms with Gasteiger partial charge in [-0.2, -0.15) is 5.26 Å². The van der Waals surface area contributed by atoms with Gasteiger partial charge in [0.1, 0.15) is 0 Å². The summed E-state index contributed by atoms with van der Waals surface area (Å²) in [6, 6.07) is 2.01. The van der Waals surface area contributed by atoms with Gasteiger partial charge in [-0.1, -0.05) is 11.3 Å². The van der Waals surface area contributed by atoms with Gasteiger partial charge in [0.05, 0.1) is 28.6 Å². The molecule has 0 saturated carbocycles. The minimum atomic E-state index is 0.00669. The zero-order valence-corrected chi connectivity index (χ0v) is 10.5. The van der Waals surface area contributed by atoms with Crippen LogP contribution in [0.1, 0.15) is 6.42 Å². The highest BCUT2D eigenvalue weighted by atomic mass is 32.2. The Morgan fingerprint density at radius 2 is 2.56 bits per heavy atom. The third-order valence-electron chi connectivity index (χ3n) is 1.83. The quantitative estimate of drug-likeness (QED) is 0.800. The minimum absolute atomic E-state index is 0.00669. The maximum absolute atomic E-state index is 11.6. The van der Waals surface area contributed by atoms with Crippen molar-refractivity contribution >= 4 is 34.1 Å². The Balaban J connectivity index is 2.32. The largest absolute Gasteiger partial charge is 0.375 e. The third kappa shape index (κ3) is 4.08. The monoisotopic (exact) mass is 256 g/mol. The number of nitrogens with two attached hydrogens (primary N) is 1. The van der Waals surface area contributed by atoms with E-state index in [0.717, 1.165) is 4.21 Å². The van der Waals surface area contributed by atoms with Gasteiger partial charge in [-0.15, -0.1) is 11.8 Å². The van der Waals surface area contributed by atoms with Gasteiger partial charge in [0.15, 0.2) is 5.13 Å². The van der Waals surface area contributed by atoms with Gasteiger partial charge in [0.25, 0.3) is 0 Å². The molecule has 5 nitrogen and oxygen atoms in total. The van der Waals surface area contributed by atoms with Crippen LogP contribution in [-0.2, 0) is 4.79 Å². The molecule has 0 aliphatic rings. The van der Waals surface area contributed by atoms with Gasteiger partial charge in [0, 0.05) is 13.6 Å². The molecule has 16 heavy (non-hydrogen) atoms. The van der Waals surface area contributed by atoms with Crippen molar-refractivity contribution in [3.8, 4) is 6.07 Å². The standard InChI is InChI=1S/C9H12N4OS2/c1-13(4-2-3-10)7(14)6-15-8-5-12-9(11)16-8/h5H,2,4,6H2,1H3,(H2,11,12). The number of amides is 1. The number of thioether (sulfide) groups is 1. The summed E-state index contributed by atoms with van der Waals surface area (Å²) in [5.74, 6) is 0.357. The Hall–Kier alpha value is -1.26. The number of nitrogen functional groups attached to an aromatic ring is 1. The zero-order valence-electron chi connectivity index (χ0n) is 8.84. The molecule has 0 aliphatic heterocycles. The second-order valence-electron chi connectivity index (χ2n) is 3.03. The number of anilines is 1. The molecule has 1 rings (SSSR count). The van der Waals surface area contributed by atoms with E-state index in [2.05, 4.69) is 4.98 Å². The van der Waals surface area contributed by atoms with Crippen LogP contribution in [-0.4, -0.2) is 35.1 Å². The van der Waals surface area contributed by atoms with Crippen molar-refractivity contribution in [2.75, 3.05) is 25.1 Å². The molecule has 0 fully saturated rings. The lowest BCUT2D eigenvalue weighted by molar-refractivity contribution is -0.127. The van der Waals surface area contributed by atoms with Crippen molar-refractivity contribution in [3.05, 3.63) is 6.20 Å². The van der Waals surface area contributed by atoms with E-state index in [-0.39, 0.29) is 5.91 Å². The highest BCUT2D eigenvalue weighted by Crippen LogP contribution is 2.26. The molecule has 0 aromatic carbocycles. The Labute approximate surface area is 102 Å². The normalized spacial score (nSPS) is 9.75. The molecular formula is C9H12N4OS2. The minimum Gasteiger partial charge on any atom is -0.375 e. The molecule has 0 atom stereocenters. The van der Waals surface area contributed by atoms with Crippen molar-refractivity contribution in [3.63, 3.8) is 0 Å². The van der Waals surface area contributed by atoms with Gasteiger partial charge >= 0.3 is 0 Å². The number of aromatic nitrogens is 1. The zero-order chi connectivity index (χ0) is 12.0. The first-order chi connectivity index (χ1) is 7.63. The number of carbonyl (C=O) groups excluding carboxylic acids is 1. The lowest BCUT2D eigenvalue weighted by Gasteiger charge is -2.14. The second-order valence-corrected chi connectivity index (χ2v) is 5.37. The van der Waals surface area contributed by atoms with Gasteiger partial charge in [-0.05, 0) is 0 Å². The molecule has 0 aliphatic carbocycles. The van der Waals surface area contributed by atoms with E-state index < -0.39 is 0 Å². The lowest BCUT2D eigenvalue weighted by atomic mass is 10.4. The van der Waals surface area contributed by atoms with Crippen LogP contribution in [0.4, 0.5) is 5.13 Å². The molecule has 1 amide bonds. The van der Waals surface area contributed by atoms with E-state index >= 15 is 0 Å². The average molecular weight is 256 g/mol. The fourth-order valence-electron chi connectivity index (χ4n) is 0.924. The number of hydrogen-bond acceptors (Lipinski definition) is 6. The molecule has 1 heterocycles. The van der Waals surface area contributed by atoms with Crippen molar-refractivity contribution in [2.45, 2.75) is 10.6 Å². The first-order valence-corrected chi connectivity index (χ1v) is 6.38. The topological polar surface area (TPSA) is 83.0 Å². The van der Waals surface area contributed by atoms with Crippen LogP contribution < -0.4 is 5.73 Å². The first-order valence-electron chi connectivity index (χ1n) is 4.58. The summed E-state index contributed by atoms with van der Waals surface area (Å²) in [6.07, 6.45) is 2.02. The van der Waals surface area contributed by atoms with E-state index in [1.165, 1.54) is 23.1 Å². The SMILES string of the molecule is CN(CCC#N)C(=O)CSc1cnc(N)s1. The fraction of sp³-hybridized carbons (Fsp3) is 0.444. The van der Waals surface area contributed by atoms with Gasteiger partial charge in [0.2, 0.25) is 5.91 Å². The molecule has 1 aromatic rings. The van der Waals surface area contributed by atoms with Crippen LogP contribution >= 0.6 is 23.1 Å². The summed E-state index contributed by atoms with van der Waals surface area (Å²) in [5, 5.41) is 8.90. The number of carbonyl (C=O) groups is 1. The Kier molecular flexibility index (Phi) is 5.08. The molecule has 0 unspecified atom stereocenters. The molecule has 0 radical (unpaired) electrons. The summed E-state index contributed by atoms with van der Waals surface area (Å²) in [6.45, 7) is 0.473. The van der Waals surface area contributed by atoms with Gasteiger partial charge in [-0.3, -0.25) is 4.79 Å². The van der Waals surface area contributed by atoms with Gasteiger partial charge in [-0.25, -0.2) is 4.98 Å². The van der Waals surface area contributed by atoms with Crippen LogP contribution in [0.15, 0.2) is 10.4 Å². The smallest absolute Gasteiger partial charge is 0.232 e. The summed E-state index contributed by atoms with van der Waals surface area (Å²) in [4.78, 5) is 17.0. The lowest BCUT2D eigenvalue weighted by Crippen LogP contribution is -2.29. The van der Waals surface area contributed by atoms with Crippen molar-refractivity contribution in [1.29, 1.82) is 5.26 Å². The maximum Gasteiger partial charge on any atom is 0.232 e. The van der Waals surface area contributed by atoms with Crippen LogP contribution in [0.25, 0.3) is 0 Å². The molecule has 2 N–H and O–H groups in total. The van der Waals surface area contributed by atoms with Crippen molar-refractivity contribution in [2.24, 2.45) is 0 Å².